The van der Waals surface area contributed by atoms with Gasteiger partial charge in [0, 0.05) is 0 Å². The Labute approximate surface area is 134 Å². The van der Waals surface area contributed by atoms with Crippen molar-refractivity contribution in [2.75, 3.05) is 0 Å². The summed E-state index contributed by atoms with van der Waals surface area (Å²) in [6, 6.07) is 12.5. The number of benzene rings is 3. The summed E-state index contributed by atoms with van der Waals surface area (Å²) in [6.07, 6.45) is -2.06. The molecule has 0 unspecified atom stereocenters. The Bertz CT molecular complexity index is 976. The number of ether oxygens (including phenoxy) is 1. The van der Waals surface area contributed by atoms with Gasteiger partial charge in [-0.15, -0.1) is 0 Å². The van der Waals surface area contributed by atoms with Gasteiger partial charge in [0.2, 0.25) is 0 Å². The second-order valence-corrected chi connectivity index (χ2v) is 6.74. The molecule has 1 heterocycles. The predicted octanol–water partition coefficient (Wildman–Crippen LogP) is 3.46. The molecule has 3 heteroatoms. The van der Waals surface area contributed by atoms with Crippen LogP contribution in [0, 0.1) is 13.8 Å². The molecule has 1 fully saturated rings. The number of hydrogen-bond acceptors (Lipinski definition) is 3. The van der Waals surface area contributed by atoms with Gasteiger partial charge in [-0.25, -0.2) is 0 Å². The van der Waals surface area contributed by atoms with Crippen LogP contribution in [0.15, 0.2) is 36.4 Å². The Hall–Kier alpha value is -1.94. The molecule has 1 saturated heterocycles. The zero-order valence-electron chi connectivity index (χ0n) is 13.1. The van der Waals surface area contributed by atoms with Gasteiger partial charge < -0.3 is 14.9 Å². The van der Waals surface area contributed by atoms with Crippen LogP contribution >= 0.6 is 0 Å². The molecule has 3 nitrogen and oxygen atoms in total. The quantitative estimate of drug-likeness (QED) is 0.494. The molecule has 5 rings (SSSR count). The average Bonchev–Trinajstić information content (AvgIpc) is 3.37. The largest absolute Gasteiger partial charge is 0.387 e. The highest BCUT2D eigenvalue weighted by Crippen LogP contribution is 2.54. The zero-order chi connectivity index (χ0) is 15.9. The minimum atomic E-state index is -0.871. The summed E-state index contributed by atoms with van der Waals surface area (Å²) in [5, 5.41) is 25.4. The fourth-order valence-electron chi connectivity index (χ4n) is 4.31. The summed E-state index contributed by atoms with van der Waals surface area (Å²) in [5.74, 6) is 0. The van der Waals surface area contributed by atoms with E-state index in [4.69, 9.17) is 4.74 Å². The van der Waals surface area contributed by atoms with Crippen molar-refractivity contribution in [2.24, 2.45) is 0 Å². The number of aryl methyl sites for hydroxylation is 2. The van der Waals surface area contributed by atoms with Crippen LogP contribution < -0.4 is 0 Å². The molecule has 0 bridgehead atoms. The number of epoxide rings is 1. The molecule has 116 valence electrons. The number of rotatable bonds is 0. The van der Waals surface area contributed by atoms with Crippen LogP contribution in [0.1, 0.15) is 34.5 Å². The number of aliphatic hydroxyl groups is 2. The maximum absolute atomic E-state index is 10.4. The third kappa shape index (κ3) is 1.59. The van der Waals surface area contributed by atoms with E-state index in [0.29, 0.717) is 0 Å². The summed E-state index contributed by atoms with van der Waals surface area (Å²) in [7, 11) is 0. The minimum absolute atomic E-state index is 0.0913. The third-order valence-corrected chi connectivity index (χ3v) is 5.58. The molecule has 1 aliphatic heterocycles. The summed E-state index contributed by atoms with van der Waals surface area (Å²) in [5.41, 5.74) is 4.34. The van der Waals surface area contributed by atoms with E-state index in [-0.39, 0.29) is 12.2 Å². The zero-order valence-corrected chi connectivity index (χ0v) is 13.1. The van der Waals surface area contributed by atoms with Crippen LogP contribution in [0.2, 0.25) is 0 Å². The van der Waals surface area contributed by atoms with Crippen molar-refractivity contribution < 1.29 is 14.9 Å². The van der Waals surface area contributed by atoms with Gasteiger partial charge in [0.05, 0.1) is 0 Å². The monoisotopic (exact) mass is 306 g/mol. The Balaban J connectivity index is 1.97. The van der Waals surface area contributed by atoms with E-state index >= 15 is 0 Å². The predicted molar refractivity (Wildman–Crippen MR) is 89.5 cm³/mol. The fourth-order valence-corrected chi connectivity index (χ4v) is 4.31. The molecule has 23 heavy (non-hydrogen) atoms. The number of hydrogen-bond donors (Lipinski definition) is 2. The van der Waals surface area contributed by atoms with Gasteiger partial charge in [0.1, 0.15) is 24.4 Å². The molecule has 0 radical (unpaired) electrons. The summed E-state index contributed by atoms with van der Waals surface area (Å²) >= 11 is 0. The number of aliphatic hydroxyl groups excluding tert-OH is 2. The fraction of sp³-hybridized carbons (Fsp3) is 0.300. The van der Waals surface area contributed by atoms with E-state index in [0.717, 1.165) is 11.1 Å². The van der Waals surface area contributed by atoms with E-state index in [1.54, 1.807) is 0 Å². The lowest BCUT2D eigenvalue weighted by molar-refractivity contribution is 0.000104. The molecule has 3 aromatic carbocycles. The normalized spacial score (nSPS) is 28.7. The molecule has 0 saturated carbocycles. The van der Waals surface area contributed by atoms with Crippen molar-refractivity contribution in [1.29, 1.82) is 0 Å². The van der Waals surface area contributed by atoms with Gasteiger partial charge in [0.15, 0.2) is 0 Å². The molecule has 2 N–H and O–H groups in total. The van der Waals surface area contributed by atoms with Crippen molar-refractivity contribution in [2.45, 2.75) is 38.3 Å². The number of fused-ring (bicyclic) bond motifs is 6. The van der Waals surface area contributed by atoms with Gasteiger partial charge in [-0.3, -0.25) is 0 Å². The average molecular weight is 306 g/mol. The van der Waals surface area contributed by atoms with Gasteiger partial charge in [0.25, 0.3) is 0 Å². The summed E-state index contributed by atoms with van der Waals surface area (Å²) < 4.78 is 5.69. The Morgan fingerprint density at radius 1 is 0.870 bits per heavy atom. The van der Waals surface area contributed by atoms with Gasteiger partial charge in [-0.2, -0.15) is 0 Å². The first-order valence-electron chi connectivity index (χ1n) is 8.05. The molecule has 2 aliphatic rings. The van der Waals surface area contributed by atoms with Crippen LogP contribution in [-0.4, -0.2) is 22.4 Å². The molecular formula is C20H18O3. The Morgan fingerprint density at radius 2 is 1.57 bits per heavy atom. The first-order chi connectivity index (χ1) is 11.1. The van der Waals surface area contributed by atoms with Crippen LogP contribution in [0.25, 0.3) is 21.5 Å². The second kappa shape index (κ2) is 4.32. The highest BCUT2D eigenvalue weighted by atomic mass is 16.6. The van der Waals surface area contributed by atoms with Crippen molar-refractivity contribution in [3.63, 3.8) is 0 Å². The van der Waals surface area contributed by atoms with Gasteiger partial charge >= 0.3 is 0 Å². The highest BCUT2D eigenvalue weighted by molar-refractivity contribution is 6.07. The van der Waals surface area contributed by atoms with E-state index in [9.17, 15) is 10.2 Å². The molecule has 1 aliphatic carbocycles. The summed E-state index contributed by atoms with van der Waals surface area (Å²) in [4.78, 5) is 0. The van der Waals surface area contributed by atoms with E-state index in [1.807, 2.05) is 6.07 Å². The molecule has 4 atom stereocenters. The molecule has 3 aromatic rings. The van der Waals surface area contributed by atoms with E-state index in [1.165, 1.54) is 32.7 Å². The first kappa shape index (κ1) is 13.5. The standard InChI is InChI=1S/C20H18O3/c1-9-11-5-3-4-6-12(11)10(2)15-13(9)7-8-14-16(15)19-20(23-19)18(22)17(14)21/h3-8,17-22H,1-2H3/t17-,18+,19+,20-/m0/s1. The van der Waals surface area contributed by atoms with Crippen molar-refractivity contribution in [1.82, 2.24) is 0 Å². The van der Waals surface area contributed by atoms with Gasteiger partial charge in [-0.05, 0) is 57.6 Å². The van der Waals surface area contributed by atoms with Crippen molar-refractivity contribution in [3.05, 3.63) is 58.7 Å². The van der Waals surface area contributed by atoms with Crippen LogP contribution in [0.3, 0.4) is 0 Å². The smallest absolute Gasteiger partial charge is 0.118 e. The lowest BCUT2D eigenvalue weighted by Crippen LogP contribution is -2.29. The van der Waals surface area contributed by atoms with Crippen molar-refractivity contribution >= 4 is 21.5 Å². The maximum atomic E-state index is 10.4. The lowest BCUT2D eigenvalue weighted by atomic mass is 9.81. The minimum Gasteiger partial charge on any atom is -0.387 e. The Kier molecular flexibility index (Phi) is 2.54. The molecule has 0 aromatic heterocycles. The lowest BCUT2D eigenvalue weighted by Gasteiger charge is -2.26. The highest BCUT2D eigenvalue weighted by Gasteiger charge is 2.54. The van der Waals surface area contributed by atoms with Crippen LogP contribution in [-0.2, 0) is 4.74 Å². The maximum Gasteiger partial charge on any atom is 0.118 e. The van der Waals surface area contributed by atoms with E-state index < -0.39 is 12.2 Å². The van der Waals surface area contributed by atoms with Crippen LogP contribution in [0.4, 0.5) is 0 Å². The van der Waals surface area contributed by atoms with Crippen molar-refractivity contribution in [3.8, 4) is 0 Å². The molecular weight excluding hydrogens is 288 g/mol. The second-order valence-electron chi connectivity index (χ2n) is 6.74. The Morgan fingerprint density at radius 3 is 2.30 bits per heavy atom. The van der Waals surface area contributed by atoms with Crippen LogP contribution in [0.5, 0.6) is 0 Å². The first-order valence-corrected chi connectivity index (χ1v) is 8.05. The van der Waals surface area contributed by atoms with Gasteiger partial charge in [-0.1, -0.05) is 36.4 Å². The SMILES string of the molecule is Cc1c2ccccc2c(C)c2c3c(ccc12)[C@H](O)[C@@H](O)[C@@H]1O[C@H]31. The topological polar surface area (TPSA) is 53.0 Å². The third-order valence-electron chi connectivity index (χ3n) is 5.58. The van der Waals surface area contributed by atoms with E-state index in [2.05, 4.69) is 44.2 Å². The molecule has 0 amide bonds. The summed E-state index contributed by atoms with van der Waals surface area (Å²) in [6.45, 7) is 4.29. The molecule has 0 spiro atoms.